The maximum atomic E-state index is 13.0. The van der Waals surface area contributed by atoms with Gasteiger partial charge in [-0.2, -0.15) is 13.2 Å². The average Bonchev–Trinajstić information content (AvgIpc) is 2.53. The number of pyridine rings is 1. The van der Waals surface area contributed by atoms with Crippen LogP contribution >= 0.6 is 11.6 Å². The average molecular weight is 359 g/mol. The Morgan fingerprint density at radius 1 is 1.25 bits per heavy atom. The van der Waals surface area contributed by atoms with Crippen LogP contribution in [0.25, 0.3) is 0 Å². The number of nitrogens with zero attached hydrogens (tertiary/aromatic N) is 1. The van der Waals surface area contributed by atoms with Crippen LogP contribution in [-0.4, -0.2) is 18.1 Å². The maximum Gasteiger partial charge on any atom is 0.418 e. The Kier molecular flexibility index (Phi) is 5.80. The van der Waals surface area contributed by atoms with Crippen molar-refractivity contribution in [3.63, 3.8) is 0 Å². The van der Waals surface area contributed by atoms with Crippen molar-refractivity contribution in [2.24, 2.45) is 0 Å². The zero-order chi connectivity index (χ0) is 17.7. The number of rotatable bonds is 5. The Labute approximate surface area is 141 Å². The van der Waals surface area contributed by atoms with E-state index in [1.807, 2.05) is 0 Å². The molecule has 0 aliphatic rings. The number of hydrogen-bond acceptors (Lipinski definition) is 4. The zero-order valence-electron chi connectivity index (χ0n) is 12.7. The van der Waals surface area contributed by atoms with Crippen LogP contribution in [-0.2, 0) is 24.0 Å². The van der Waals surface area contributed by atoms with Gasteiger partial charge in [0.15, 0.2) is 0 Å². The molecule has 2 aromatic rings. The number of nitrogens with one attached hydrogen (secondary N) is 1. The molecule has 1 aromatic heterocycles. The molecule has 0 saturated heterocycles. The van der Waals surface area contributed by atoms with Gasteiger partial charge < -0.3 is 10.1 Å². The van der Waals surface area contributed by atoms with Crippen molar-refractivity contribution in [2.45, 2.75) is 19.3 Å². The van der Waals surface area contributed by atoms with Crippen LogP contribution in [0.2, 0.25) is 5.02 Å². The number of aromatic nitrogens is 1. The van der Waals surface area contributed by atoms with E-state index in [1.165, 1.54) is 37.6 Å². The van der Waals surface area contributed by atoms with Crippen molar-refractivity contribution in [2.75, 3.05) is 7.11 Å². The molecule has 128 valence electrons. The van der Waals surface area contributed by atoms with E-state index in [-0.39, 0.29) is 29.4 Å². The number of alkyl halides is 3. The predicted octanol–water partition coefficient (Wildman–Crippen LogP) is 3.83. The van der Waals surface area contributed by atoms with Crippen LogP contribution < -0.4 is 5.32 Å². The fraction of sp³-hybridized carbons (Fsp3) is 0.250. The number of esters is 1. The Hall–Kier alpha value is -2.12. The monoisotopic (exact) mass is 358 g/mol. The lowest BCUT2D eigenvalue weighted by Gasteiger charge is -2.15. The molecule has 0 unspecified atom stereocenters. The van der Waals surface area contributed by atoms with E-state index in [0.29, 0.717) is 0 Å². The van der Waals surface area contributed by atoms with Gasteiger partial charge in [-0.15, -0.1) is 0 Å². The van der Waals surface area contributed by atoms with Crippen molar-refractivity contribution in [3.05, 3.63) is 63.9 Å². The number of benzene rings is 1. The number of ether oxygens (including phenoxy) is 1. The topological polar surface area (TPSA) is 51.2 Å². The smallest absolute Gasteiger partial charge is 0.418 e. The molecule has 0 radical (unpaired) electrons. The van der Waals surface area contributed by atoms with Crippen molar-refractivity contribution in [3.8, 4) is 0 Å². The molecule has 0 saturated carbocycles. The van der Waals surface area contributed by atoms with Crippen molar-refractivity contribution < 1.29 is 22.7 Å². The van der Waals surface area contributed by atoms with Gasteiger partial charge in [-0.3, -0.25) is 0 Å². The summed E-state index contributed by atoms with van der Waals surface area (Å²) in [6.45, 7) is 0.284. The molecule has 0 aliphatic heterocycles. The fourth-order valence-corrected chi connectivity index (χ4v) is 2.43. The summed E-state index contributed by atoms with van der Waals surface area (Å²) in [5.74, 6) is -0.553. The van der Waals surface area contributed by atoms with E-state index in [2.05, 4.69) is 15.0 Å². The molecule has 0 fully saturated rings. The summed E-state index contributed by atoms with van der Waals surface area (Å²) in [5, 5.41) is 2.58. The highest BCUT2D eigenvalue weighted by Gasteiger charge is 2.35. The normalized spacial score (nSPS) is 11.4. The molecule has 0 amide bonds. The first-order valence-electron chi connectivity index (χ1n) is 6.91. The van der Waals surface area contributed by atoms with Gasteiger partial charge in [-0.25, -0.2) is 9.78 Å². The van der Waals surface area contributed by atoms with E-state index in [4.69, 9.17) is 11.6 Å². The molecule has 0 aliphatic carbocycles. The molecule has 4 nitrogen and oxygen atoms in total. The summed E-state index contributed by atoms with van der Waals surface area (Å²) >= 11 is 5.67. The summed E-state index contributed by atoms with van der Waals surface area (Å²) in [6, 6.07) is 7.20. The van der Waals surface area contributed by atoms with Crippen LogP contribution in [0, 0.1) is 0 Å². The third-order valence-corrected chi connectivity index (χ3v) is 3.56. The number of halogens is 4. The molecule has 0 bridgehead atoms. The highest BCUT2D eigenvalue weighted by atomic mass is 35.5. The van der Waals surface area contributed by atoms with Crippen LogP contribution in [0.15, 0.2) is 36.5 Å². The first-order chi connectivity index (χ1) is 11.3. The summed E-state index contributed by atoms with van der Waals surface area (Å²) < 4.78 is 43.7. The van der Waals surface area contributed by atoms with Gasteiger partial charge in [0.2, 0.25) is 0 Å². The van der Waals surface area contributed by atoms with E-state index in [1.54, 1.807) is 6.07 Å². The van der Waals surface area contributed by atoms with Crippen molar-refractivity contribution in [1.29, 1.82) is 0 Å². The minimum atomic E-state index is -4.51. The second-order valence-corrected chi connectivity index (χ2v) is 5.33. The number of carbonyl (C=O) groups excluding carboxylic acids is 1. The molecule has 0 spiro atoms. The van der Waals surface area contributed by atoms with Gasteiger partial charge in [0.05, 0.1) is 17.7 Å². The van der Waals surface area contributed by atoms with E-state index in [9.17, 15) is 18.0 Å². The van der Waals surface area contributed by atoms with Crippen LogP contribution in [0.4, 0.5) is 13.2 Å². The summed E-state index contributed by atoms with van der Waals surface area (Å²) in [7, 11) is 1.25. The molecule has 0 atom stereocenters. The molecule has 2 rings (SSSR count). The number of methoxy groups -OCH3 is 1. The lowest BCUT2D eigenvalue weighted by atomic mass is 10.1. The van der Waals surface area contributed by atoms with Crippen molar-refractivity contribution >= 4 is 17.6 Å². The Morgan fingerprint density at radius 2 is 2.00 bits per heavy atom. The van der Waals surface area contributed by atoms with E-state index < -0.39 is 17.7 Å². The standard InChI is InChI=1S/C16H14ClF3N2O2/c1-24-15(23)13-6-5-10(8-22-13)7-21-9-11-3-2-4-12(17)14(11)16(18,19)20/h2-6,8,21H,7,9H2,1H3. The van der Waals surface area contributed by atoms with E-state index >= 15 is 0 Å². The van der Waals surface area contributed by atoms with Gasteiger partial charge in [-0.1, -0.05) is 29.8 Å². The SMILES string of the molecule is COC(=O)c1ccc(CNCc2cccc(Cl)c2C(F)(F)F)cn1. The summed E-state index contributed by atoms with van der Waals surface area (Å²) in [4.78, 5) is 15.2. The molecule has 1 heterocycles. The Balaban J connectivity index is 2.03. The van der Waals surface area contributed by atoms with Gasteiger partial charge in [0.25, 0.3) is 0 Å². The Morgan fingerprint density at radius 3 is 2.58 bits per heavy atom. The van der Waals surface area contributed by atoms with Crippen molar-refractivity contribution in [1.82, 2.24) is 10.3 Å². The van der Waals surface area contributed by atoms with Gasteiger partial charge in [0.1, 0.15) is 5.69 Å². The Bertz CT molecular complexity index is 718. The summed E-state index contributed by atoms with van der Waals surface area (Å²) in [6.07, 6.45) is -3.05. The molecule has 1 aromatic carbocycles. The largest absolute Gasteiger partial charge is 0.464 e. The van der Waals surface area contributed by atoms with Crippen LogP contribution in [0.1, 0.15) is 27.2 Å². The van der Waals surface area contributed by atoms with Gasteiger partial charge >= 0.3 is 12.1 Å². The van der Waals surface area contributed by atoms with Gasteiger partial charge in [0, 0.05) is 19.3 Å². The highest BCUT2D eigenvalue weighted by molar-refractivity contribution is 6.31. The molecular formula is C16H14ClF3N2O2. The van der Waals surface area contributed by atoms with Gasteiger partial charge in [-0.05, 0) is 23.3 Å². The number of carbonyl (C=O) groups is 1. The molecule has 8 heteroatoms. The number of hydrogen-bond donors (Lipinski definition) is 1. The summed E-state index contributed by atoms with van der Waals surface area (Å²) in [5.41, 5.74) is 0.112. The first kappa shape index (κ1) is 18.2. The predicted molar refractivity (Wildman–Crippen MR) is 82.6 cm³/mol. The molecule has 1 N–H and O–H groups in total. The van der Waals surface area contributed by atoms with Crippen LogP contribution in [0.3, 0.4) is 0 Å². The quantitative estimate of drug-likeness (QED) is 0.825. The lowest BCUT2D eigenvalue weighted by molar-refractivity contribution is -0.138. The first-order valence-corrected chi connectivity index (χ1v) is 7.29. The minimum Gasteiger partial charge on any atom is -0.464 e. The highest BCUT2D eigenvalue weighted by Crippen LogP contribution is 2.37. The molecule has 24 heavy (non-hydrogen) atoms. The third kappa shape index (κ3) is 4.46. The minimum absolute atomic E-state index is 0.00580. The maximum absolute atomic E-state index is 13.0. The fourth-order valence-electron chi connectivity index (χ4n) is 2.13. The second kappa shape index (κ2) is 7.63. The third-order valence-electron chi connectivity index (χ3n) is 3.25. The lowest BCUT2D eigenvalue weighted by Crippen LogP contribution is -2.18. The van der Waals surface area contributed by atoms with E-state index in [0.717, 1.165) is 5.56 Å². The zero-order valence-corrected chi connectivity index (χ0v) is 13.4. The molecular weight excluding hydrogens is 345 g/mol. The second-order valence-electron chi connectivity index (χ2n) is 4.92. The van der Waals surface area contributed by atoms with Crippen LogP contribution in [0.5, 0.6) is 0 Å².